The quantitative estimate of drug-likeness (QED) is 0.795. The summed E-state index contributed by atoms with van der Waals surface area (Å²) in [6.07, 6.45) is -4.47. The molecule has 0 fully saturated rings. The van der Waals surface area contributed by atoms with Crippen LogP contribution in [0.15, 0.2) is 42.5 Å². The molecular weight excluding hydrogens is 231 g/mol. The van der Waals surface area contributed by atoms with E-state index < -0.39 is 11.9 Å². The molecule has 0 saturated carbocycles. The first-order valence-electron chi connectivity index (χ1n) is 4.74. The molecule has 17 heavy (non-hydrogen) atoms. The topological polar surface area (TPSA) is 22.1 Å². The van der Waals surface area contributed by atoms with Crippen molar-refractivity contribution in [3.63, 3.8) is 0 Å². The van der Waals surface area contributed by atoms with Gasteiger partial charge >= 0.3 is 6.18 Å². The van der Waals surface area contributed by atoms with E-state index in [0.29, 0.717) is 5.75 Å². The highest BCUT2D eigenvalue weighted by atomic mass is 19.4. The van der Waals surface area contributed by atoms with Gasteiger partial charge in [-0.25, -0.2) is 4.98 Å². The van der Waals surface area contributed by atoms with Gasteiger partial charge in [0.15, 0.2) is 0 Å². The highest BCUT2D eigenvalue weighted by Gasteiger charge is 2.32. The summed E-state index contributed by atoms with van der Waals surface area (Å²) in [4.78, 5) is 3.38. The predicted molar refractivity (Wildman–Crippen MR) is 54.6 cm³/mol. The zero-order chi connectivity index (χ0) is 12.3. The van der Waals surface area contributed by atoms with Crippen molar-refractivity contribution in [3.8, 4) is 11.6 Å². The number of nitrogens with zero attached hydrogens (tertiary/aromatic N) is 1. The first kappa shape index (κ1) is 11.4. The van der Waals surface area contributed by atoms with Crippen LogP contribution in [0, 0.1) is 6.07 Å². The third kappa shape index (κ3) is 2.96. The number of rotatable bonds is 2. The fourth-order valence-electron chi connectivity index (χ4n) is 1.19. The monoisotopic (exact) mass is 238 g/mol. The molecule has 1 radical (unpaired) electrons. The molecule has 0 aliphatic rings. The second-order valence-electron chi connectivity index (χ2n) is 3.20. The summed E-state index contributed by atoms with van der Waals surface area (Å²) in [6, 6.07) is 12.7. The normalized spacial score (nSPS) is 11.2. The second-order valence-corrected chi connectivity index (χ2v) is 3.20. The van der Waals surface area contributed by atoms with E-state index in [9.17, 15) is 13.2 Å². The molecule has 0 unspecified atom stereocenters. The van der Waals surface area contributed by atoms with E-state index in [4.69, 9.17) is 4.74 Å². The molecule has 1 aromatic heterocycles. The van der Waals surface area contributed by atoms with E-state index in [1.165, 1.54) is 12.1 Å². The summed E-state index contributed by atoms with van der Waals surface area (Å²) in [5.74, 6) is 0.321. The number of ether oxygens (including phenoxy) is 1. The lowest BCUT2D eigenvalue weighted by Gasteiger charge is -2.08. The van der Waals surface area contributed by atoms with Crippen molar-refractivity contribution in [1.29, 1.82) is 0 Å². The Labute approximate surface area is 95.7 Å². The van der Waals surface area contributed by atoms with Gasteiger partial charge in [0.05, 0.1) is 0 Å². The van der Waals surface area contributed by atoms with Crippen molar-refractivity contribution < 1.29 is 17.9 Å². The molecule has 2 rings (SSSR count). The zero-order valence-corrected chi connectivity index (χ0v) is 8.53. The van der Waals surface area contributed by atoms with E-state index in [1.54, 1.807) is 24.3 Å². The standard InChI is InChI=1S/C12H7F3NO/c13-12(14,15)10-7-4-8-11(16-10)17-9-5-2-1-3-6-9/h2-8H. The minimum Gasteiger partial charge on any atom is -0.439 e. The summed E-state index contributed by atoms with van der Waals surface area (Å²) < 4.78 is 42.3. The van der Waals surface area contributed by atoms with Gasteiger partial charge in [-0.15, -0.1) is 0 Å². The van der Waals surface area contributed by atoms with Crippen molar-refractivity contribution in [1.82, 2.24) is 4.98 Å². The molecular formula is C12H7F3NO. The average Bonchev–Trinajstić information content (AvgIpc) is 2.29. The SMILES string of the molecule is FC(F)(F)c1cccc(Oc2cc[c]cc2)n1. The Morgan fingerprint density at radius 3 is 2.41 bits per heavy atom. The minimum absolute atomic E-state index is 0.0916. The van der Waals surface area contributed by atoms with E-state index in [-0.39, 0.29) is 5.88 Å². The van der Waals surface area contributed by atoms with E-state index in [1.807, 2.05) is 0 Å². The number of hydrogen-bond donors (Lipinski definition) is 0. The molecule has 0 amide bonds. The van der Waals surface area contributed by atoms with Crippen molar-refractivity contribution in [2.75, 3.05) is 0 Å². The molecule has 1 aromatic carbocycles. The van der Waals surface area contributed by atoms with Crippen LogP contribution in [0.25, 0.3) is 0 Å². The summed E-state index contributed by atoms with van der Waals surface area (Å²) >= 11 is 0. The maximum atomic E-state index is 12.4. The van der Waals surface area contributed by atoms with E-state index in [2.05, 4.69) is 11.1 Å². The molecule has 0 bridgehead atoms. The van der Waals surface area contributed by atoms with Gasteiger partial charge in [0, 0.05) is 6.07 Å². The molecule has 0 spiro atoms. The maximum absolute atomic E-state index is 12.4. The minimum atomic E-state index is -4.47. The van der Waals surface area contributed by atoms with Crippen LogP contribution < -0.4 is 4.74 Å². The van der Waals surface area contributed by atoms with Crippen LogP contribution in [-0.2, 0) is 6.18 Å². The lowest BCUT2D eigenvalue weighted by molar-refractivity contribution is -0.141. The van der Waals surface area contributed by atoms with Gasteiger partial charge in [-0.3, -0.25) is 0 Å². The fraction of sp³-hybridized carbons (Fsp3) is 0.0833. The molecule has 5 heteroatoms. The molecule has 0 atom stereocenters. The number of hydrogen-bond acceptors (Lipinski definition) is 2. The van der Waals surface area contributed by atoms with Crippen molar-refractivity contribution in [2.24, 2.45) is 0 Å². The average molecular weight is 238 g/mol. The Morgan fingerprint density at radius 1 is 1.06 bits per heavy atom. The molecule has 87 valence electrons. The summed E-state index contributed by atoms with van der Waals surface area (Å²) in [5.41, 5.74) is -0.975. The summed E-state index contributed by atoms with van der Waals surface area (Å²) in [7, 11) is 0. The first-order valence-corrected chi connectivity index (χ1v) is 4.74. The molecule has 2 aromatic rings. The highest BCUT2D eigenvalue weighted by Crippen LogP contribution is 2.29. The molecule has 2 nitrogen and oxygen atoms in total. The first-order chi connectivity index (χ1) is 8.05. The van der Waals surface area contributed by atoms with Gasteiger partial charge in [0.1, 0.15) is 11.4 Å². The summed E-state index contributed by atoms with van der Waals surface area (Å²) in [5, 5.41) is 0. The van der Waals surface area contributed by atoms with E-state index >= 15 is 0 Å². The molecule has 0 N–H and O–H groups in total. The maximum Gasteiger partial charge on any atom is 0.433 e. The van der Waals surface area contributed by atoms with Crippen LogP contribution in [0.4, 0.5) is 13.2 Å². The third-order valence-electron chi connectivity index (χ3n) is 1.92. The van der Waals surface area contributed by atoms with Crippen molar-refractivity contribution in [3.05, 3.63) is 54.2 Å². The second kappa shape index (κ2) is 4.45. The largest absolute Gasteiger partial charge is 0.439 e. The zero-order valence-electron chi connectivity index (χ0n) is 8.53. The van der Waals surface area contributed by atoms with Gasteiger partial charge in [-0.1, -0.05) is 18.2 Å². The van der Waals surface area contributed by atoms with Crippen molar-refractivity contribution >= 4 is 0 Å². The highest BCUT2D eigenvalue weighted by molar-refractivity contribution is 5.27. The Bertz CT molecular complexity index is 497. The van der Waals surface area contributed by atoms with Crippen LogP contribution in [-0.4, -0.2) is 4.98 Å². The fourth-order valence-corrected chi connectivity index (χ4v) is 1.19. The van der Waals surface area contributed by atoms with Crippen LogP contribution >= 0.6 is 0 Å². The number of halogens is 3. The molecule has 0 saturated heterocycles. The van der Waals surface area contributed by atoms with E-state index in [0.717, 1.165) is 6.07 Å². The molecule has 1 heterocycles. The Balaban J connectivity index is 2.23. The molecule has 0 aliphatic carbocycles. The van der Waals surface area contributed by atoms with Crippen LogP contribution in [0.5, 0.6) is 11.6 Å². The number of alkyl halides is 3. The Kier molecular flexibility index (Phi) is 2.99. The van der Waals surface area contributed by atoms with Gasteiger partial charge in [-0.2, -0.15) is 13.2 Å². The number of pyridine rings is 1. The third-order valence-corrected chi connectivity index (χ3v) is 1.92. The van der Waals surface area contributed by atoms with Gasteiger partial charge in [0.2, 0.25) is 5.88 Å². The van der Waals surface area contributed by atoms with Crippen molar-refractivity contribution in [2.45, 2.75) is 6.18 Å². The predicted octanol–water partition coefficient (Wildman–Crippen LogP) is 3.69. The Hall–Kier alpha value is -2.04. The van der Waals surface area contributed by atoms with Crippen LogP contribution in [0.1, 0.15) is 5.69 Å². The van der Waals surface area contributed by atoms with Crippen LogP contribution in [0.2, 0.25) is 0 Å². The van der Waals surface area contributed by atoms with Gasteiger partial charge < -0.3 is 4.74 Å². The summed E-state index contributed by atoms with van der Waals surface area (Å²) in [6.45, 7) is 0. The van der Waals surface area contributed by atoms with Gasteiger partial charge in [-0.05, 0) is 24.3 Å². The smallest absolute Gasteiger partial charge is 0.433 e. The molecule has 0 aliphatic heterocycles. The number of benzene rings is 1. The lowest BCUT2D eigenvalue weighted by Crippen LogP contribution is -2.07. The Morgan fingerprint density at radius 2 is 1.76 bits per heavy atom. The van der Waals surface area contributed by atoms with Crippen LogP contribution in [0.3, 0.4) is 0 Å². The number of aromatic nitrogens is 1. The lowest BCUT2D eigenvalue weighted by atomic mass is 10.3. The van der Waals surface area contributed by atoms with Gasteiger partial charge in [0.25, 0.3) is 0 Å².